The Morgan fingerprint density at radius 1 is 1.19 bits per heavy atom. The van der Waals surface area contributed by atoms with Crippen LogP contribution in [0.1, 0.15) is 18.1 Å². The average molecular weight is 452 g/mol. The third-order valence-electron chi connectivity index (χ3n) is 5.63. The first-order valence-corrected chi connectivity index (χ1v) is 11.7. The summed E-state index contributed by atoms with van der Waals surface area (Å²) in [6.07, 6.45) is 1.85. The number of rotatable bonds is 7. The van der Waals surface area contributed by atoms with Crippen molar-refractivity contribution >= 4 is 29.1 Å². The van der Waals surface area contributed by atoms with Crippen LogP contribution in [-0.4, -0.2) is 42.6 Å². The van der Waals surface area contributed by atoms with E-state index in [1.807, 2.05) is 18.3 Å². The number of nitrogens with zero attached hydrogens (tertiary/aromatic N) is 3. The summed E-state index contributed by atoms with van der Waals surface area (Å²) >= 11 is 1.64. The van der Waals surface area contributed by atoms with E-state index < -0.39 is 0 Å². The van der Waals surface area contributed by atoms with Crippen molar-refractivity contribution in [3.63, 3.8) is 0 Å². The number of hydrogen-bond donors (Lipinski definition) is 2. The molecule has 0 saturated carbocycles. The Hall–Kier alpha value is -2.61. The van der Waals surface area contributed by atoms with E-state index in [0.29, 0.717) is 6.04 Å². The molecule has 0 amide bonds. The van der Waals surface area contributed by atoms with Crippen molar-refractivity contribution in [2.45, 2.75) is 31.3 Å². The fourth-order valence-corrected chi connectivity index (χ4v) is 4.61. The van der Waals surface area contributed by atoms with Crippen LogP contribution in [0.3, 0.4) is 0 Å². The van der Waals surface area contributed by atoms with E-state index in [4.69, 9.17) is 0 Å². The first-order valence-electron chi connectivity index (χ1n) is 10.9. The van der Waals surface area contributed by atoms with Gasteiger partial charge < -0.3 is 14.9 Å². The van der Waals surface area contributed by atoms with Crippen LogP contribution in [0.2, 0.25) is 0 Å². The lowest BCUT2D eigenvalue weighted by atomic mass is 10.1. The Bertz CT molecular complexity index is 1030. The van der Waals surface area contributed by atoms with E-state index in [-0.39, 0.29) is 5.82 Å². The highest BCUT2D eigenvalue weighted by Gasteiger charge is 2.16. The zero-order valence-electron chi connectivity index (χ0n) is 18.8. The zero-order chi connectivity index (χ0) is 22.5. The molecule has 1 fully saturated rings. The fourth-order valence-electron chi connectivity index (χ4n) is 3.85. The minimum atomic E-state index is -0.250. The molecule has 1 aliphatic heterocycles. The summed E-state index contributed by atoms with van der Waals surface area (Å²) in [4.78, 5) is 8.06. The number of halogens is 1. The Labute approximate surface area is 194 Å². The Morgan fingerprint density at radius 2 is 2.00 bits per heavy atom. The molecular formula is C25H30FN5S. The van der Waals surface area contributed by atoms with Crippen LogP contribution in [-0.2, 0) is 6.54 Å². The van der Waals surface area contributed by atoms with Gasteiger partial charge in [0, 0.05) is 61.7 Å². The molecule has 5 nitrogen and oxygen atoms in total. The van der Waals surface area contributed by atoms with E-state index in [9.17, 15) is 4.39 Å². The predicted octanol–water partition coefficient (Wildman–Crippen LogP) is 5.21. The minimum Gasteiger partial charge on any atom is -0.340 e. The summed E-state index contributed by atoms with van der Waals surface area (Å²) < 4.78 is 15.2. The molecule has 1 atom stereocenters. The summed E-state index contributed by atoms with van der Waals surface area (Å²) in [5.74, 6) is 0.478. The molecule has 3 aromatic rings. The quantitative estimate of drug-likeness (QED) is 0.481. The predicted molar refractivity (Wildman–Crippen MR) is 132 cm³/mol. The summed E-state index contributed by atoms with van der Waals surface area (Å²) in [7, 11) is 2.07. The van der Waals surface area contributed by atoms with Gasteiger partial charge in [0.25, 0.3) is 0 Å². The van der Waals surface area contributed by atoms with Gasteiger partial charge in [-0.3, -0.25) is 4.90 Å². The number of anilines is 3. The molecule has 2 aromatic carbocycles. The zero-order valence-corrected chi connectivity index (χ0v) is 19.6. The van der Waals surface area contributed by atoms with Gasteiger partial charge in [0.1, 0.15) is 11.6 Å². The molecule has 2 heterocycles. The third kappa shape index (κ3) is 6.00. The molecule has 1 aliphatic rings. The molecule has 0 spiro atoms. The molecule has 1 saturated heterocycles. The number of hydrogen-bond acceptors (Lipinski definition) is 6. The smallest absolute Gasteiger partial charge is 0.130 e. The lowest BCUT2D eigenvalue weighted by Crippen LogP contribution is -2.48. The van der Waals surface area contributed by atoms with Crippen molar-refractivity contribution in [2.24, 2.45) is 0 Å². The Kier molecular flexibility index (Phi) is 7.29. The van der Waals surface area contributed by atoms with Crippen LogP contribution in [0.5, 0.6) is 0 Å². The summed E-state index contributed by atoms with van der Waals surface area (Å²) in [6, 6.07) is 17.5. The molecule has 1 unspecified atom stereocenters. The van der Waals surface area contributed by atoms with Gasteiger partial charge in [-0.15, -0.1) is 0 Å². The van der Waals surface area contributed by atoms with Crippen molar-refractivity contribution < 1.29 is 4.39 Å². The third-order valence-corrected chi connectivity index (χ3v) is 6.57. The molecule has 0 bridgehead atoms. The Balaban J connectivity index is 1.35. The van der Waals surface area contributed by atoms with Crippen LogP contribution < -0.4 is 14.9 Å². The molecule has 168 valence electrons. The lowest BCUT2D eigenvalue weighted by Gasteiger charge is -2.32. The van der Waals surface area contributed by atoms with Gasteiger partial charge >= 0.3 is 0 Å². The van der Waals surface area contributed by atoms with Crippen LogP contribution in [0.15, 0.2) is 65.7 Å². The topological polar surface area (TPSA) is 43.4 Å². The molecule has 32 heavy (non-hydrogen) atoms. The van der Waals surface area contributed by atoms with Gasteiger partial charge in [-0.2, -0.15) is 0 Å². The van der Waals surface area contributed by atoms with Crippen LogP contribution >= 0.6 is 11.9 Å². The van der Waals surface area contributed by atoms with Gasteiger partial charge in [-0.1, -0.05) is 6.07 Å². The standard InChI is InChI=1S/C25H30FN5S/c1-18-14-23(9-4-20(18)17-31-13-12-27-19(2)16-31)30(3)32-24-10-11-25(28-15-24)29-22-7-5-21(26)6-8-22/h4-11,14-15,19,27H,12-13,16-17H2,1-3H3,(H,28,29). The highest BCUT2D eigenvalue weighted by Crippen LogP contribution is 2.29. The van der Waals surface area contributed by atoms with E-state index in [2.05, 4.69) is 63.9 Å². The molecule has 0 aliphatic carbocycles. The van der Waals surface area contributed by atoms with Crippen molar-refractivity contribution in [3.05, 3.63) is 77.7 Å². The van der Waals surface area contributed by atoms with Gasteiger partial charge in [0.15, 0.2) is 0 Å². The van der Waals surface area contributed by atoms with Crippen LogP contribution in [0.4, 0.5) is 21.6 Å². The van der Waals surface area contributed by atoms with E-state index >= 15 is 0 Å². The number of pyridine rings is 1. The number of aromatic nitrogens is 1. The van der Waals surface area contributed by atoms with Gasteiger partial charge in [0.2, 0.25) is 0 Å². The highest BCUT2D eigenvalue weighted by atomic mass is 32.2. The summed E-state index contributed by atoms with van der Waals surface area (Å²) in [5, 5.41) is 6.69. The van der Waals surface area contributed by atoms with Crippen molar-refractivity contribution in [3.8, 4) is 0 Å². The second-order valence-corrected chi connectivity index (χ2v) is 9.50. The van der Waals surface area contributed by atoms with E-state index in [0.717, 1.165) is 42.6 Å². The van der Waals surface area contributed by atoms with Gasteiger partial charge in [-0.05, 0) is 85.5 Å². The van der Waals surface area contributed by atoms with Crippen LogP contribution in [0.25, 0.3) is 0 Å². The van der Waals surface area contributed by atoms with E-state index in [1.54, 1.807) is 24.1 Å². The molecule has 1 aromatic heterocycles. The second-order valence-electron chi connectivity index (χ2n) is 8.30. The molecule has 2 N–H and O–H groups in total. The first kappa shape index (κ1) is 22.6. The maximum atomic E-state index is 13.1. The normalized spacial score (nSPS) is 16.7. The molecule has 0 radical (unpaired) electrons. The first-order chi connectivity index (χ1) is 15.5. The van der Waals surface area contributed by atoms with Gasteiger partial charge in [0.05, 0.1) is 0 Å². The van der Waals surface area contributed by atoms with Crippen molar-refractivity contribution in [1.82, 2.24) is 15.2 Å². The maximum absolute atomic E-state index is 13.1. The number of nitrogens with one attached hydrogen (secondary N) is 2. The van der Waals surface area contributed by atoms with Crippen LogP contribution in [0, 0.1) is 12.7 Å². The van der Waals surface area contributed by atoms with Crippen molar-refractivity contribution in [2.75, 3.05) is 36.3 Å². The SMILES string of the molecule is Cc1cc(N(C)Sc2ccc(Nc3ccc(F)cc3)nc2)ccc1CN1CCNC(C)C1. The minimum absolute atomic E-state index is 0.250. The molecule has 7 heteroatoms. The summed E-state index contributed by atoms with van der Waals surface area (Å²) in [6.45, 7) is 8.69. The van der Waals surface area contributed by atoms with E-state index in [1.165, 1.54) is 28.9 Å². The lowest BCUT2D eigenvalue weighted by molar-refractivity contribution is 0.199. The molecule has 4 rings (SSSR count). The fraction of sp³-hybridized carbons (Fsp3) is 0.320. The largest absolute Gasteiger partial charge is 0.340 e. The average Bonchev–Trinajstić information content (AvgIpc) is 2.78. The highest BCUT2D eigenvalue weighted by molar-refractivity contribution is 8.00. The second kappa shape index (κ2) is 10.3. The number of aryl methyl sites for hydroxylation is 1. The van der Waals surface area contributed by atoms with Crippen molar-refractivity contribution in [1.29, 1.82) is 0 Å². The number of piperazine rings is 1. The summed E-state index contributed by atoms with van der Waals surface area (Å²) in [5.41, 5.74) is 4.68. The molecular weight excluding hydrogens is 421 g/mol. The Morgan fingerprint density at radius 3 is 2.69 bits per heavy atom. The maximum Gasteiger partial charge on any atom is 0.130 e. The van der Waals surface area contributed by atoms with Gasteiger partial charge in [-0.25, -0.2) is 9.37 Å². The monoisotopic (exact) mass is 451 g/mol. The number of benzene rings is 2.